The number of ether oxygens (including phenoxy) is 1. The number of rotatable bonds is 8. The minimum atomic E-state index is -0.588. The van der Waals surface area contributed by atoms with Gasteiger partial charge in [-0.2, -0.15) is 18.2 Å². The molecule has 3 heterocycles. The maximum Gasteiger partial charge on any atom is 0.268 e. The van der Waals surface area contributed by atoms with Crippen molar-refractivity contribution in [3.63, 3.8) is 0 Å². The fraction of sp³-hybridized carbons (Fsp3) is 0.182. The normalized spacial score (nSPS) is 16.6. The molecule has 358 valence electrons. The van der Waals surface area contributed by atoms with Gasteiger partial charge in [-0.15, -0.1) is 29.7 Å². The molecule has 0 fully saturated rings. The van der Waals surface area contributed by atoms with E-state index in [9.17, 15) is 1.37 Å². The first-order chi connectivity index (χ1) is 39.7. The second-order valence-corrected chi connectivity index (χ2v) is 20.5. The van der Waals surface area contributed by atoms with E-state index in [2.05, 4.69) is 83.6 Å². The maximum absolute atomic E-state index is 9.43. The second kappa shape index (κ2) is 18.1. The third-order valence-electron chi connectivity index (χ3n) is 14.0. The molecule has 5 nitrogen and oxygen atoms in total. The Bertz CT molecular complexity index is 4490. The Balaban J connectivity index is 0.00000752. The van der Waals surface area contributed by atoms with Crippen molar-refractivity contribution in [1.29, 1.82) is 0 Å². The molecule has 0 aliphatic heterocycles. The van der Waals surface area contributed by atoms with Crippen molar-refractivity contribution in [2.75, 3.05) is 0 Å². The average molecular weight is 1130 g/mol. The largest absolute Gasteiger partial charge is 0.510 e. The third-order valence-corrected chi connectivity index (χ3v) is 14.0. The van der Waals surface area contributed by atoms with Gasteiger partial charge in [0.2, 0.25) is 0 Å². The first-order valence-electron chi connectivity index (χ1n) is 30.3. The summed E-state index contributed by atoms with van der Waals surface area (Å²) < 4.78 is 127. The standard InChI is InChI=1S/C66H56N4O.Pt/c1-64(2,3)47-35-38-67-61(40-47)70-57-34-31-46(51-25-18-28-56-62(51)66(6,7)37-36-65(56,4)5)39-55(57)54-33-32-50(42-60(54)70)71-49-24-16-23-48(41-49)68-43-69(59-30-15-14-29-58(59)68)63-52(44-19-10-8-11-20-44)26-17-27-53(63)45-21-12-9-13-22-45;/h8-35,38-40H,36-37H2,1-7H3;/q-2;/i8D,9D,10D,11D,12D,13D,18D,19D,20D,21D,22D,25D,28D;. The fourth-order valence-electron chi connectivity index (χ4n) is 10.2. The summed E-state index contributed by atoms with van der Waals surface area (Å²) in [4.78, 5) is 4.92. The molecule has 72 heavy (non-hydrogen) atoms. The van der Waals surface area contributed by atoms with Crippen LogP contribution in [0.4, 0.5) is 0 Å². The molecule has 12 rings (SSSR count). The molecule has 0 saturated heterocycles. The van der Waals surface area contributed by atoms with Crippen LogP contribution in [0.1, 0.15) is 95.8 Å². The first kappa shape index (κ1) is 34.1. The van der Waals surface area contributed by atoms with Crippen LogP contribution in [0.2, 0.25) is 0 Å². The molecule has 0 spiro atoms. The Hall–Kier alpha value is -7.33. The number of pyridine rings is 1. The summed E-state index contributed by atoms with van der Waals surface area (Å²) in [5.41, 5.74) is 6.50. The molecule has 0 saturated carbocycles. The van der Waals surface area contributed by atoms with E-state index in [1.54, 1.807) is 63.9 Å². The van der Waals surface area contributed by atoms with Crippen LogP contribution in [0, 0.1) is 18.5 Å². The van der Waals surface area contributed by atoms with Gasteiger partial charge in [-0.3, -0.25) is 4.57 Å². The van der Waals surface area contributed by atoms with Crippen LogP contribution in [-0.4, -0.2) is 14.1 Å². The zero-order valence-corrected chi connectivity index (χ0v) is 43.1. The van der Waals surface area contributed by atoms with E-state index in [0.717, 1.165) is 51.4 Å². The van der Waals surface area contributed by atoms with Gasteiger partial charge in [0.15, 0.2) is 0 Å². The van der Waals surface area contributed by atoms with Gasteiger partial charge in [-0.05, 0) is 108 Å². The first-order valence-corrected chi connectivity index (χ1v) is 23.8. The topological polar surface area (TPSA) is 35.9 Å². The van der Waals surface area contributed by atoms with Gasteiger partial charge in [-0.1, -0.05) is 187 Å². The van der Waals surface area contributed by atoms with E-state index in [1.807, 2.05) is 42.5 Å². The van der Waals surface area contributed by atoms with E-state index in [1.165, 1.54) is 0 Å². The van der Waals surface area contributed by atoms with E-state index < -0.39 is 60.4 Å². The number of fused-ring (bicyclic) bond motifs is 5. The minimum absolute atomic E-state index is 0. The molecule has 6 heteroatoms. The number of aromatic nitrogens is 4. The predicted molar refractivity (Wildman–Crippen MR) is 290 cm³/mol. The molecule has 3 aromatic heterocycles. The quantitative estimate of drug-likeness (QED) is 0.112. The van der Waals surface area contributed by atoms with Gasteiger partial charge in [0.05, 0.1) is 34.5 Å². The monoisotopic (exact) mass is 1130 g/mol. The zero-order valence-electron chi connectivity index (χ0n) is 53.8. The number of hydrogen-bond acceptors (Lipinski definition) is 2. The number of imidazole rings is 1. The van der Waals surface area contributed by atoms with Crippen molar-refractivity contribution in [3.8, 4) is 62.1 Å². The van der Waals surface area contributed by atoms with E-state index >= 15 is 0 Å². The van der Waals surface area contributed by atoms with Crippen LogP contribution < -0.4 is 9.30 Å². The summed E-state index contributed by atoms with van der Waals surface area (Å²) in [6.07, 6.45) is 6.94. The Labute approximate surface area is 456 Å². The molecule has 0 N–H and O–H groups in total. The van der Waals surface area contributed by atoms with Crippen molar-refractivity contribution < 1.29 is 48.2 Å². The Morgan fingerprint density at radius 1 is 0.625 bits per heavy atom. The fourth-order valence-corrected chi connectivity index (χ4v) is 10.2. The Morgan fingerprint density at radius 3 is 2.06 bits per heavy atom. The van der Waals surface area contributed by atoms with Gasteiger partial charge in [-0.25, -0.2) is 4.98 Å². The Morgan fingerprint density at radius 2 is 1.32 bits per heavy atom. The summed E-state index contributed by atoms with van der Waals surface area (Å²) in [6.45, 7) is 15.1. The molecule has 11 aromatic rings. The second-order valence-electron chi connectivity index (χ2n) is 20.5. The minimum Gasteiger partial charge on any atom is -0.510 e. The number of benzene rings is 8. The molecule has 0 amide bonds. The van der Waals surface area contributed by atoms with E-state index in [0.29, 0.717) is 45.1 Å². The average Bonchev–Trinajstić information content (AvgIpc) is 1.91. The van der Waals surface area contributed by atoms with Crippen LogP contribution in [0.3, 0.4) is 0 Å². The molecule has 0 unspecified atom stereocenters. The van der Waals surface area contributed by atoms with E-state index in [4.69, 9.17) is 26.2 Å². The van der Waals surface area contributed by atoms with Crippen LogP contribution in [0.25, 0.3) is 83.4 Å². The summed E-state index contributed by atoms with van der Waals surface area (Å²) in [5.74, 6) is 1.33. The van der Waals surface area contributed by atoms with Crippen LogP contribution in [-0.2, 0) is 37.3 Å². The van der Waals surface area contributed by atoms with Crippen molar-refractivity contribution in [2.24, 2.45) is 0 Å². The zero-order chi connectivity index (χ0) is 60.0. The maximum atomic E-state index is 9.43. The van der Waals surface area contributed by atoms with Crippen molar-refractivity contribution in [2.45, 2.75) is 77.6 Å². The molecule has 0 atom stereocenters. The van der Waals surface area contributed by atoms with Gasteiger partial charge >= 0.3 is 0 Å². The molecular formula is C66H56N4OPt-2. The van der Waals surface area contributed by atoms with Gasteiger partial charge < -0.3 is 13.9 Å². The van der Waals surface area contributed by atoms with Crippen molar-refractivity contribution >= 4 is 32.8 Å². The molecule has 0 bridgehead atoms. The summed E-state index contributed by atoms with van der Waals surface area (Å²) >= 11 is 0. The Kier molecular flexibility index (Phi) is 8.56. The summed E-state index contributed by atoms with van der Waals surface area (Å²) in [7, 11) is 0. The molecule has 1 aliphatic carbocycles. The predicted octanol–water partition coefficient (Wildman–Crippen LogP) is 16.2. The van der Waals surface area contributed by atoms with Crippen LogP contribution >= 0.6 is 0 Å². The number of para-hydroxylation sites is 3. The smallest absolute Gasteiger partial charge is 0.268 e. The molecule has 8 aromatic carbocycles. The molecular weight excluding hydrogens is 1060 g/mol. The van der Waals surface area contributed by atoms with Gasteiger partial charge in [0.1, 0.15) is 5.82 Å². The summed E-state index contributed by atoms with van der Waals surface area (Å²) in [5, 5.41) is 1.71. The van der Waals surface area contributed by atoms with Gasteiger partial charge in [0, 0.05) is 44.3 Å². The van der Waals surface area contributed by atoms with Crippen LogP contribution in [0.5, 0.6) is 11.5 Å². The number of nitrogens with zero attached hydrogens (tertiary/aromatic N) is 4. The molecule has 1 aliphatic rings. The number of hydrogen-bond donors (Lipinski definition) is 0. The summed E-state index contributed by atoms with van der Waals surface area (Å²) in [6, 6.07) is 33.0. The molecule has 0 radical (unpaired) electrons. The third kappa shape index (κ3) is 8.18. The van der Waals surface area contributed by atoms with Crippen LogP contribution in [0.15, 0.2) is 188 Å². The van der Waals surface area contributed by atoms with Crippen molar-refractivity contribution in [3.05, 3.63) is 223 Å². The van der Waals surface area contributed by atoms with Gasteiger partial charge in [0.25, 0.3) is 6.33 Å². The van der Waals surface area contributed by atoms with E-state index in [-0.39, 0.29) is 83.4 Å². The SMILES string of the molecule is [2H]c1c([2H])c([2H])c(-c2cccc(-c3c([2H])c([2H])c([2H])c([2H])c3[2H])c2-[n+]2[c-]n(-c3[c-]c(Oc4[c-]c5c(cc4)c4cc(-c6c([2H])c([2H])c([2H])c7c6C(C)(C)CCC7(C)C)ccc4n5-c4cc(C(C)(C)C)ccn4)ccc3)c3ccccc32)c([2H])c1[2H].[Pt]. The van der Waals surface area contributed by atoms with Crippen molar-refractivity contribution in [1.82, 2.24) is 14.1 Å².